The average molecular weight is 428 g/mol. The van der Waals surface area contributed by atoms with Gasteiger partial charge in [-0.25, -0.2) is 4.39 Å². The minimum Gasteiger partial charge on any atom is -0.489 e. The second kappa shape index (κ2) is 7.91. The number of carbonyl (C=O) groups is 1. The lowest BCUT2D eigenvalue weighted by Crippen LogP contribution is -2.62. The van der Waals surface area contributed by atoms with Crippen molar-refractivity contribution in [2.24, 2.45) is 10.8 Å². The number of hydrogen-bond acceptors (Lipinski definition) is 3. The number of halogens is 1. The standard InChI is InChI=1S/C26H34FNO3/c1-2-20(15-27)16-31-22-5-3-21(4-6-22)25-7-9-26(17-25,10-8-25)23(29)28-18-24(19-28)11-13-30-14-12-24/h3-6,15H,2,7-14,16-19H2,1H3/b20-15+. The van der Waals surface area contributed by atoms with E-state index < -0.39 is 0 Å². The van der Waals surface area contributed by atoms with E-state index in [1.165, 1.54) is 5.56 Å². The highest BCUT2D eigenvalue weighted by atomic mass is 19.1. The lowest BCUT2D eigenvalue weighted by Gasteiger charge is -2.54. The highest BCUT2D eigenvalue weighted by Crippen LogP contribution is 2.63. The second-order valence-corrected chi connectivity index (χ2v) is 10.4. The van der Waals surface area contributed by atoms with E-state index in [4.69, 9.17) is 9.47 Å². The van der Waals surface area contributed by atoms with Crippen molar-refractivity contribution in [3.05, 3.63) is 41.7 Å². The van der Waals surface area contributed by atoms with Crippen LogP contribution in [0.1, 0.15) is 63.9 Å². The molecule has 5 heteroatoms. The van der Waals surface area contributed by atoms with Crippen LogP contribution in [0.4, 0.5) is 4.39 Å². The number of fused-ring (bicyclic) bond motifs is 2. The molecule has 1 spiro atoms. The fraction of sp³-hybridized carbons (Fsp3) is 0.654. The van der Waals surface area contributed by atoms with Gasteiger partial charge in [-0.1, -0.05) is 19.1 Å². The monoisotopic (exact) mass is 427 g/mol. The van der Waals surface area contributed by atoms with Crippen LogP contribution in [0.5, 0.6) is 5.75 Å². The van der Waals surface area contributed by atoms with Crippen molar-refractivity contribution in [3.63, 3.8) is 0 Å². The van der Waals surface area contributed by atoms with Gasteiger partial charge in [0.1, 0.15) is 12.4 Å². The molecule has 31 heavy (non-hydrogen) atoms. The van der Waals surface area contributed by atoms with Crippen LogP contribution in [-0.2, 0) is 14.9 Å². The minimum absolute atomic E-state index is 0.128. The molecule has 0 aromatic heterocycles. The molecule has 2 aliphatic heterocycles. The van der Waals surface area contributed by atoms with E-state index in [1.54, 1.807) is 0 Å². The fourth-order valence-corrected chi connectivity index (χ4v) is 6.54. The summed E-state index contributed by atoms with van der Waals surface area (Å²) in [6.07, 6.45) is 8.69. The lowest BCUT2D eigenvalue weighted by molar-refractivity contribution is -0.160. The topological polar surface area (TPSA) is 38.8 Å². The summed E-state index contributed by atoms with van der Waals surface area (Å²) >= 11 is 0. The molecular formula is C26H34FNO3. The third kappa shape index (κ3) is 3.59. The first kappa shape index (κ1) is 21.0. The molecule has 2 heterocycles. The van der Waals surface area contributed by atoms with E-state index >= 15 is 0 Å². The summed E-state index contributed by atoms with van der Waals surface area (Å²) in [5.74, 6) is 1.18. The third-order valence-corrected chi connectivity index (χ3v) is 8.69. The van der Waals surface area contributed by atoms with Gasteiger partial charge in [0.05, 0.1) is 11.7 Å². The van der Waals surface area contributed by atoms with Crippen LogP contribution in [0.2, 0.25) is 0 Å². The maximum Gasteiger partial charge on any atom is 0.228 e. The number of benzene rings is 1. The molecule has 4 fully saturated rings. The fourth-order valence-electron chi connectivity index (χ4n) is 6.54. The van der Waals surface area contributed by atoms with Crippen LogP contribution >= 0.6 is 0 Å². The van der Waals surface area contributed by atoms with Gasteiger partial charge >= 0.3 is 0 Å². The number of carbonyl (C=O) groups excluding carboxylic acids is 1. The van der Waals surface area contributed by atoms with Crippen molar-refractivity contribution in [1.82, 2.24) is 4.90 Å². The largest absolute Gasteiger partial charge is 0.489 e. The summed E-state index contributed by atoms with van der Waals surface area (Å²) in [5.41, 5.74) is 2.30. The van der Waals surface area contributed by atoms with Crippen molar-refractivity contribution in [3.8, 4) is 5.75 Å². The zero-order valence-corrected chi connectivity index (χ0v) is 18.6. The first-order valence-corrected chi connectivity index (χ1v) is 11.9. The Labute approximate surface area is 184 Å². The second-order valence-electron chi connectivity index (χ2n) is 10.4. The van der Waals surface area contributed by atoms with E-state index in [-0.39, 0.29) is 10.8 Å². The van der Waals surface area contributed by atoms with Crippen molar-refractivity contribution < 1.29 is 18.7 Å². The maximum absolute atomic E-state index is 13.5. The van der Waals surface area contributed by atoms with E-state index in [1.807, 2.05) is 19.1 Å². The molecule has 168 valence electrons. The molecule has 0 radical (unpaired) electrons. The Kier molecular flexibility index (Phi) is 5.36. The molecule has 4 nitrogen and oxygen atoms in total. The normalized spacial score (nSPS) is 31.7. The summed E-state index contributed by atoms with van der Waals surface area (Å²) in [5, 5.41) is 0. The quantitative estimate of drug-likeness (QED) is 0.629. The Balaban J connectivity index is 1.22. The molecule has 0 unspecified atom stereocenters. The average Bonchev–Trinajstić information content (AvgIpc) is 3.38. The van der Waals surface area contributed by atoms with E-state index in [0.717, 1.165) is 77.0 Å². The van der Waals surface area contributed by atoms with Crippen LogP contribution in [0, 0.1) is 10.8 Å². The summed E-state index contributed by atoms with van der Waals surface area (Å²) in [4.78, 5) is 15.7. The van der Waals surface area contributed by atoms with Crippen molar-refractivity contribution in [1.29, 1.82) is 0 Å². The smallest absolute Gasteiger partial charge is 0.228 e. The molecule has 1 aromatic carbocycles. The first-order valence-electron chi connectivity index (χ1n) is 11.9. The molecule has 2 aliphatic carbocycles. The lowest BCUT2D eigenvalue weighted by atomic mass is 9.71. The highest BCUT2D eigenvalue weighted by molar-refractivity contribution is 5.85. The Morgan fingerprint density at radius 1 is 1.10 bits per heavy atom. The van der Waals surface area contributed by atoms with Crippen molar-refractivity contribution in [2.45, 2.75) is 63.7 Å². The van der Waals surface area contributed by atoms with Crippen molar-refractivity contribution >= 4 is 5.91 Å². The number of nitrogens with zero attached hydrogens (tertiary/aromatic N) is 1. The SMILES string of the molecule is CC/C(=C\F)COc1ccc(C23CCC(C(=O)N4CC5(CCOCC5)C4)(CC2)C3)cc1. The van der Waals surface area contributed by atoms with Gasteiger partial charge < -0.3 is 14.4 Å². The van der Waals surface area contributed by atoms with Gasteiger partial charge in [-0.2, -0.15) is 0 Å². The van der Waals surface area contributed by atoms with Gasteiger partial charge in [0, 0.05) is 31.7 Å². The van der Waals surface area contributed by atoms with Crippen LogP contribution < -0.4 is 4.74 Å². The summed E-state index contributed by atoms with van der Waals surface area (Å²) in [7, 11) is 0. The first-order chi connectivity index (χ1) is 15.0. The number of likely N-dealkylation sites (tertiary alicyclic amines) is 1. The van der Waals surface area contributed by atoms with Crippen molar-refractivity contribution in [2.75, 3.05) is 32.9 Å². The number of ether oxygens (including phenoxy) is 2. The molecule has 4 aliphatic rings. The number of hydrogen-bond donors (Lipinski definition) is 0. The highest BCUT2D eigenvalue weighted by Gasteiger charge is 2.61. The maximum atomic E-state index is 13.5. The van der Waals surface area contributed by atoms with Gasteiger partial charge in [-0.05, 0) is 80.1 Å². The molecule has 1 amide bonds. The summed E-state index contributed by atoms with van der Waals surface area (Å²) < 4.78 is 24.0. The van der Waals surface area contributed by atoms with Gasteiger partial charge in [-0.3, -0.25) is 4.79 Å². The zero-order valence-electron chi connectivity index (χ0n) is 18.6. The molecule has 0 N–H and O–H groups in total. The van der Waals surface area contributed by atoms with Gasteiger partial charge in [0.15, 0.2) is 0 Å². The van der Waals surface area contributed by atoms with E-state index in [9.17, 15) is 9.18 Å². The van der Waals surface area contributed by atoms with Crippen LogP contribution in [0.3, 0.4) is 0 Å². The molecular weight excluding hydrogens is 393 g/mol. The Morgan fingerprint density at radius 2 is 1.77 bits per heavy atom. The third-order valence-electron chi connectivity index (χ3n) is 8.69. The molecule has 2 saturated carbocycles. The van der Waals surface area contributed by atoms with E-state index in [0.29, 0.717) is 36.3 Å². The zero-order chi connectivity index (χ0) is 21.5. The summed E-state index contributed by atoms with van der Waals surface area (Å²) in [6.45, 7) is 5.78. The molecule has 2 saturated heterocycles. The Morgan fingerprint density at radius 3 is 2.39 bits per heavy atom. The minimum atomic E-state index is -0.149. The Hall–Kier alpha value is -1.88. The van der Waals surface area contributed by atoms with Gasteiger partial charge in [-0.15, -0.1) is 0 Å². The predicted octanol–water partition coefficient (Wildman–Crippen LogP) is 5.17. The summed E-state index contributed by atoms with van der Waals surface area (Å²) in [6, 6.07) is 8.32. The molecule has 0 atom stereocenters. The Bertz CT molecular complexity index is 840. The van der Waals surface area contributed by atoms with Crippen LogP contribution in [-0.4, -0.2) is 43.7 Å². The van der Waals surface area contributed by atoms with Gasteiger partial charge in [0.25, 0.3) is 0 Å². The molecule has 1 aromatic rings. The van der Waals surface area contributed by atoms with Gasteiger partial charge in [0.2, 0.25) is 5.91 Å². The van der Waals surface area contributed by atoms with Crippen LogP contribution in [0.25, 0.3) is 0 Å². The molecule has 5 rings (SSSR count). The predicted molar refractivity (Wildman–Crippen MR) is 118 cm³/mol. The number of rotatable bonds is 6. The van der Waals surface area contributed by atoms with E-state index in [2.05, 4.69) is 17.0 Å². The van der Waals surface area contributed by atoms with Crippen LogP contribution in [0.15, 0.2) is 36.2 Å². The molecule has 2 bridgehead atoms. The number of amides is 1.